The number of carbonyl (C=O) groups is 2. The number of hydrogen-bond acceptors (Lipinski definition) is 4. The van der Waals surface area contributed by atoms with Gasteiger partial charge in [0.15, 0.2) is 11.5 Å². The van der Waals surface area contributed by atoms with Crippen LogP contribution in [0.3, 0.4) is 0 Å². The molecule has 0 fully saturated rings. The normalized spacial score (nSPS) is 12.7. The van der Waals surface area contributed by atoms with Gasteiger partial charge in [-0.15, -0.1) is 0 Å². The molecule has 0 bridgehead atoms. The van der Waals surface area contributed by atoms with Gasteiger partial charge < -0.3 is 19.7 Å². The molecule has 0 saturated carbocycles. The fraction of sp³-hybridized carbons (Fsp3) is 0.286. The molecule has 7 heteroatoms. The highest BCUT2D eigenvalue weighted by Crippen LogP contribution is 2.32. The Morgan fingerprint density at radius 3 is 2.40 bits per heavy atom. The van der Waals surface area contributed by atoms with Crippen molar-refractivity contribution in [2.45, 2.75) is 45.3 Å². The molecule has 3 aromatic rings. The Morgan fingerprint density at radius 2 is 1.66 bits per heavy atom. The number of hydrogen-bond donors (Lipinski definition) is 1. The first-order chi connectivity index (χ1) is 17.0. The number of carbonyl (C=O) groups excluding carboxylic acids is 2. The Bertz CT molecular complexity index is 1150. The number of halogens is 1. The second-order valence-electron chi connectivity index (χ2n) is 8.51. The van der Waals surface area contributed by atoms with Gasteiger partial charge in [0.1, 0.15) is 11.9 Å². The molecule has 1 heterocycles. The molecule has 182 valence electrons. The highest BCUT2D eigenvalue weighted by molar-refractivity contribution is 5.88. The number of fused-ring (bicyclic) bond motifs is 1. The van der Waals surface area contributed by atoms with Crippen molar-refractivity contribution >= 4 is 11.8 Å². The van der Waals surface area contributed by atoms with Crippen molar-refractivity contribution < 1.29 is 23.5 Å². The molecule has 1 N–H and O–H groups in total. The number of ether oxygens (including phenoxy) is 2. The van der Waals surface area contributed by atoms with Crippen LogP contribution in [0.5, 0.6) is 11.5 Å². The lowest BCUT2D eigenvalue weighted by molar-refractivity contribution is -0.141. The topological polar surface area (TPSA) is 67.9 Å². The number of rotatable bonds is 10. The molecule has 35 heavy (non-hydrogen) atoms. The van der Waals surface area contributed by atoms with Crippen LogP contribution < -0.4 is 14.8 Å². The maximum absolute atomic E-state index is 13.5. The number of amides is 2. The van der Waals surface area contributed by atoms with E-state index in [1.807, 2.05) is 55.5 Å². The standard InChI is InChI=1S/C28H29FN2O4/c1-2-6-27(32)31(18-21-9-12-23(29)13-10-21)24(15-20-7-4-3-5-8-20)28(33)30-17-22-11-14-25-26(16-22)35-19-34-25/h3-5,7-14,16,24H,2,6,15,17-19H2,1H3,(H,30,33)/t24-/m1/s1. The van der Waals surface area contributed by atoms with E-state index in [0.29, 0.717) is 30.8 Å². The van der Waals surface area contributed by atoms with Crippen LogP contribution >= 0.6 is 0 Å². The second-order valence-corrected chi connectivity index (χ2v) is 8.51. The van der Waals surface area contributed by atoms with E-state index in [0.717, 1.165) is 16.7 Å². The van der Waals surface area contributed by atoms with Gasteiger partial charge in [-0.05, 0) is 47.4 Å². The fourth-order valence-electron chi connectivity index (χ4n) is 4.06. The zero-order chi connectivity index (χ0) is 24.6. The molecule has 0 aliphatic carbocycles. The molecular weight excluding hydrogens is 447 g/mol. The SMILES string of the molecule is CCCC(=O)N(Cc1ccc(F)cc1)[C@H](Cc1ccccc1)C(=O)NCc1ccc2c(c1)OCO2. The summed E-state index contributed by atoms with van der Waals surface area (Å²) in [5.74, 6) is 0.614. The van der Waals surface area contributed by atoms with Gasteiger partial charge in [-0.1, -0.05) is 55.5 Å². The second kappa shape index (κ2) is 11.5. The van der Waals surface area contributed by atoms with Crippen molar-refractivity contribution in [2.24, 2.45) is 0 Å². The maximum atomic E-state index is 13.5. The molecule has 6 nitrogen and oxygen atoms in total. The van der Waals surface area contributed by atoms with Gasteiger partial charge in [-0.25, -0.2) is 4.39 Å². The molecule has 1 aliphatic rings. The first-order valence-electron chi connectivity index (χ1n) is 11.8. The van der Waals surface area contributed by atoms with Gasteiger partial charge in [0.25, 0.3) is 0 Å². The third-order valence-electron chi connectivity index (χ3n) is 5.90. The van der Waals surface area contributed by atoms with Crippen molar-refractivity contribution in [1.82, 2.24) is 10.2 Å². The van der Waals surface area contributed by atoms with E-state index in [1.165, 1.54) is 12.1 Å². The van der Waals surface area contributed by atoms with Crippen LogP contribution in [-0.2, 0) is 29.1 Å². The largest absolute Gasteiger partial charge is 0.454 e. The molecule has 0 aromatic heterocycles. The van der Waals surface area contributed by atoms with Gasteiger partial charge in [-0.3, -0.25) is 9.59 Å². The zero-order valence-electron chi connectivity index (χ0n) is 19.7. The predicted octanol–water partition coefficient (Wildman–Crippen LogP) is 4.61. The fourth-order valence-corrected chi connectivity index (χ4v) is 4.06. The van der Waals surface area contributed by atoms with Crippen LogP contribution in [0.15, 0.2) is 72.8 Å². The first-order valence-corrected chi connectivity index (χ1v) is 11.8. The molecular formula is C28H29FN2O4. The predicted molar refractivity (Wildman–Crippen MR) is 130 cm³/mol. The summed E-state index contributed by atoms with van der Waals surface area (Å²) in [4.78, 5) is 28.3. The van der Waals surface area contributed by atoms with Crippen molar-refractivity contribution in [3.05, 3.63) is 95.3 Å². The monoisotopic (exact) mass is 476 g/mol. The Balaban J connectivity index is 1.57. The molecule has 2 amide bonds. The molecule has 3 aromatic carbocycles. The molecule has 0 spiro atoms. The highest BCUT2D eigenvalue weighted by atomic mass is 19.1. The average molecular weight is 477 g/mol. The van der Waals surface area contributed by atoms with E-state index in [2.05, 4.69) is 5.32 Å². The Kier molecular flexibility index (Phi) is 7.98. The molecule has 0 radical (unpaired) electrons. The molecule has 0 saturated heterocycles. The number of nitrogens with one attached hydrogen (secondary N) is 1. The summed E-state index contributed by atoms with van der Waals surface area (Å²) >= 11 is 0. The van der Waals surface area contributed by atoms with Crippen LogP contribution in [0.1, 0.15) is 36.5 Å². The third-order valence-corrected chi connectivity index (χ3v) is 5.90. The zero-order valence-corrected chi connectivity index (χ0v) is 19.7. The first kappa shape index (κ1) is 24.3. The van der Waals surface area contributed by atoms with E-state index < -0.39 is 6.04 Å². The number of nitrogens with zero attached hydrogens (tertiary/aromatic N) is 1. The molecule has 1 aliphatic heterocycles. The van der Waals surface area contributed by atoms with Gasteiger partial charge in [-0.2, -0.15) is 0 Å². The van der Waals surface area contributed by atoms with Crippen molar-refractivity contribution in [3.8, 4) is 11.5 Å². The summed E-state index contributed by atoms with van der Waals surface area (Å²) in [5, 5.41) is 2.99. The summed E-state index contributed by atoms with van der Waals surface area (Å²) < 4.78 is 24.2. The van der Waals surface area contributed by atoms with E-state index in [9.17, 15) is 14.0 Å². The van der Waals surface area contributed by atoms with E-state index >= 15 is 0 Å². The minimum atomic E-state index is -0.726. The quantitative estimate of drug-likeness (QED) is 0.464. The lowest BCUT2D eigenvalue weighted by Gasteiger charge is -2.31. The van der Waals surface area contributed by atoms with Gasteiger partial charge in [0.2, 0.25) is 18.6 Å². The van der Waals surface area contributed by atoms with Crippen LogP contribution in [0.2, 0.25) is 0 Å². The van der Waals surface area contributed by atoms with E-state index in [4.69, 9.17) is 9.47 Å². The smallest absolute Gasteiger partial charge is 0.243 e. The van der Waals surface area contributed by atoms with Crippen LogP contribution in [0.4, 0.5) is 4.39 Å². The van der Waals surface area contributed by atoms with Gasteiger partial charge >= 0.3 is 0 Å². The molecule has 4 rings (SSSR count). The third kappa shape index (κ3) is 6.38. The van der Waals surface area contributed by atoms with Crippen LogP contribution in [0, 0.1) is 5.82 Å². The Morgan fingerprint density at radius 1 is 0.943 bits per heavy atom. The summed E-state index contributed by atoms with van der Waals surface area (Å²) in [6.45, 7) is 2.61. The van der Waals surface area contributed by atoms with Crippen molar-refractivity contribution in [3.63, 3.8) is 0 Å². The summed E-state index contributed by atoms with van der Waals surface area (Å²) in [7, 11) is 0. The van der Waals surface area contributed by atoms with Crippen molar-refractivity contribution in [1.29, 1.82) is 0 Å². The van der Waals surface area contributed by atoms with Gasteiger partial charge in [0.05, 0.1) is 0 Å². The maximum Gasteiger partial charge on any atom is 0.243 e. The van der Waals surface area contributed by atoms with E-state index in [1.54, 1.807) is 17.0 Å². The van der Waals surface area contributed by atoms with Crippen LogP contribution in [-0.4, -0.2) is 29.5 Å². The molecule has 0 unspecified atom stereocenters. The van der Waals surface area contributed by atoms with Crippen LogP contribution in [0.25, 0.3) is 0 Å². The summed E-state index contributed by atoms with van der Waals surface area (Å²) in [6.07, 6.45) is 1.35. The van der Waals surface area contributed by atoms with E-state index in [-0.39, 0.29) is 37.5 Å². The number of benzene rings is 3. The average Bonchev–Trinajstić information content (AvgIpc) is 3.34. The Hall–Kier alpha value is -3.87. The Labute approximate surface area is 204 Å². The minimum absolute atomic E-state index is 0.115. The minimum Gasteiger partial charge on any atom is -0.454 e. The van der Waals surface area contributed by atoms with Gasteiger partial charge in [0, 0.05) is 25.9 Å². The highest BCUT2D eigenvalue weighted by Gasteiger charge is 2.30. The lowest BCUT2D eigenvalue weighted by Crippen LogP contribution is -2.50. The lowest BCUT2D eigenvalue weighted by atomic mass is 10.0. The summed E-state index contributed by atoms with van der Waals surface area (Å²) in [6, 6.07) is 20.4. The molecule has 1 atom stereocenters. The van der Waals surface area contributed by atoms with Crippen molar-refractivity contribution in [2.75, 3.05) is 6.79 Å². The summed E-state index contributed by atoms with van der Waals surface area (Å²) in [5.41, 5.74) is 2.58.